The van der Waals surface area contributed by atoms with Crippen LogP contribution in [0.5, 0.6) is 5.88 Å². The summed E-state index contributed by atoms with van der Waals surface area (Å²) in [7, 11) is 0. The van der Waals surface area contributed by atoms with Gasteiger partial charge < -0.3 is 15.8 Å². The largest absolute Gasteiger partial charge is 0.473 e. The minimum absolute atomic E-state index is 0.237. The van der Waals surface area contributed by atoms with Gasteiger partial charge >= 0.3 is 0 Å². The molecule has 0 aliphatic rings. The minimum atomic E-state index is -0.237. The number of nitrogen functional groups attached to an aromatic ring is 1. The summed E-state index contributed by atoms with van der Waals surface area (Å²) in [6.07, 6.45) is 0. The highest BCUT2D eigenvalue weighted by atomic mass is 35.5. The number of nitrogens with one attached hydrogen (secondary N) is 1. The van der Waals surface area contributed by atoms with Gasteiger partial charge in [-0.3, -0.25) is 4.79 Å². The van der Waals surface area contributed by atoms with Crippen LogP contribution in [0.2, 0.25) is 5.02 Å². The molecule has 0 spiro atoms. The van der Waals surface area contributed by atoms with E-state index in [2.05, 4.69) is 10.3 Å². The summed E-state index contributed by atoms with van der Waals surface area (Å²) in [6, 6.07) is 10.6. The van der Waals surface area contributed by atoms with Crippen LogP contribution in [0.25, 0.3) is 0 Å². The van der Waals surface area contributed by atoms with Crippen molar-refractivity contribution < 1.29 is 9.53 Å². The fourth-order valence-corrected chi connectivity index (χ4v) is 1.66. The molecule has 1 heterocycles. The SMILES string of the molecule is CC(=O)Nc1nc(OCc2ccc(Cl)cc2)ccc1N. The maximum Gasteiger partial charge on any atom is 0.222 e. The molecule has 1 aromatic heterocycles. The Balaban J connectivity index is 2.06. The van der Waals surface area contributed by atoms with Crippen molar-refractivity contribution in [1.29, 1.82) is 0 Å². The molecule has 2 aromatic rings. The summed E-state index contributed by atoms with van der Waals surface area (Å²) in [5.41, 5.74) is 7.07. The van der Waals surface area contributed by atoms with Crippen LogP contribution in [0.3, 0.4) is 0 Å². The van der Waals surface area contributed by atoms with E-state index in [0.29, 0.717) is 29.0 Å². The van der Waals surface area contributed by atoms with E-state index >= 15 is 0 Å². The summed E-state index contributed by atoms with van der Waals surface area (Å²) in [6.45, 7) is 1.75. The third-order valence-electron chi connectivity index (χ3n) is 2.50. The second-order valence-corrected chi connectivity index (χ2v) is 4.62. The molecular weight excluding hydrogens is 278 g/mol. The van der Waals surface area contributed by atoms with E-state index in [0.717, 1.165) is 5.56 Å². The molecule has 3 N–H and O–H groups in total. The third kappa shape index (κ3) is 3.86. The number of nitrogens with two attached hydrogens (primary N) is 1. The molecule has 0 unspecified atom stereocenters. The fourth-order valence-electron chi connectivity index (χ4n) is 1.54. The van der Waals surface area contributed by atoms with Crippen molar-refractivity contribution >= 4 is 29.0 Å². The molecule has 1 aromatic carbocycles. The Morgan fingerprint density at radius 3 is 2.65 bits per heavy atom. The molecule has 0 saturated heterocycles. The van der Waals surface area contributed by atoms with Crippen LogP contribution in [-0.4, -0.2) is 10.9 Å². The topological polar surface area (TPSA) is 77.2 Å². The van der Waals surface area contributed by atoms with Crippen molar-refractivity contribution in [3.63, 3.8) is 0 Å². The van der Waals surface area contributed by atoms with Crippen LogP contribution < -0.4 is 15.8 Å². The highest BCUT2D eigenvalue weighted by Crippen LogP contribution is 2.20. The van der Waals surface area contributed by atoms with Crippen LogP contribution in [-0.2, 0) is 11.4 Å². The molecular formula is C14H14ClN3O2. The van der Waals surface area contributed by atoms with Gasteiger partial charge in [0.25, 0.3) is 0 Å². The van der Waals surface area contributed by atoms with E-state index < -0.39 is 0 Å². The number of carbonyl (C=O) groups excluding carboxylic acids is 1. The van der Waals surface area contributed by atoms with Crippen molar-refractivity contribution in [3.8, 4) is 5.88 Å². The first-order chi connectivity index (χ1) is 9.54. The molecule has 1 amide bonds. The zero-order valence-corrected chi connectivity index (χ0v) is 11.6. The molecule has 0 saturated carbocycles. The van der Waals surface area contributed by atoms with Crippen LogP contribution >= 0.6 is 11.6 Å². The highest BCUT2D eigenvalue weighted by molar-refractivity contribution is 6.30. The van der Waals surface area contributed by atoms with E-state index in [4.69, 9.17) is 22.1 Å². The first kappa shape index (κ1) is 14.1. The number of halogens is 1. The van der Waals surface area contributed by atoms with Gasteiger partial charge in [-0.25, -0.2) is 0 Å². The molecule has 0 bridgehead atoms. The number of carbonyl (C=O) groups is 1. The number of benzene rings is 1. The maximum absolute atomic E-state index is 11.0. The van der Waals surface area contributed by atoms with Crippen molar-refractivity contribution in [3.05, 3.63) is 47.0 Å². The predicted molar refractivity (Wildman–Crippen MR) is 78.7 cm³/mol. The third-order valence-corrected chi connectivity index (χ3v) is 2.75. The summed E-state index contributed by atoms with van der Waals surface area (Å²) < 4.78 is 5.55. The van der Waals surface area contributed by atoms with Gasteiger partial charge in [0.2, 0.25) is 11.8 Å². The number of pyridine rings is 1. The average Bonchev–Trinajstić information content (AvgIpc) is 2.41. The van der Waals surface area contributed by atoms with E-state index in [-0.39, 0.29) is 5.91 Å². The summed E-state index contributed by atoms with van der Waals surface area (Å²) in [4.78, 5) is 15.2. The van der Waals surface area contributed by atoms with Gasteiger partial charge in [0.05, 0.1) is 5.69 Å². The molecule has 20 heavy (non-hydrogen) atoms. The van der Waals surface area contributed by atoms with Crippen LogP contribution in [0.4, 0.5) is 11.5 Å². The Bertz CT molecular complexity index is 614. The minimum Gasteiger partial charge on any atom is -0.473 e. The first-order valence-electron chi connectivity index (χ1n) is 5.96. The molecule has 0 atom stereocenters. The number of aromatic nitrogens is 1. The van der Waals surface area contributed by atoms with E-state index in [1.807, 2.05) is 12.1 Å². The zero-order chi connectivity index (χ0) is 14.5. The highest BCUT2D eigenvalue weighted by Gasteiger charge is 2.05. The van der Waals surface area contributed by atoms with Crippen LogP contribution in [0.1, 0.15) is 12.5 Å². The van der Waals surface area contributed by atoms with Crippen LogP contribution in [0, 0.1) is 0 Å². The number of ether oxygens (including phenoxy) is 1. The van der Waals surface area contributed by atoms with Crippen molar-refractivity contribution in [1.82, 2.24) is 4.98 Å². The Kier molecular flexibility index (Phi) is 4.42. The van der Waals surface area contributed by atoms with E-state index in [9.17, 15) is 4.79 Å². The second kappa shape index (κ2) is 6.25. The quantitative estimate of drug-likeness (QED) is 0.908. The van der Waals surface area contributed by atoms with Gasteiger partial charge in [-0.2, -0.15) is 4.98 Å². The standard InChI is InChI=1S/C14H14ClN3O2/c1-9(19)17-14-12(16)6-7-13(18-14)20-8-10-2-4-11(15)5-3-10/h2-7H,8,16H2,1H3,(H,17,18,19). The van der Waals surface area contributed by atoms with Gasteiger partial charge in [-0.15, -0.1) is 0 Å². The predicted octanol–water partition coefficient (Wildman–Crippen LogP) is 2.85. The van der Waals surface area contributed by atoms with Gasteiger partial charge in [0.15, 0.2) is 5.82 Å². The zero-order valence-electron chi connectivity index (χ0n) is 10.9. The molecule has 0 radical (unpaired) electrons. The molecule has 0 aliphatic carbocycles. The fraction of sp³-hybridized carbons (Fsp3) is 0.143. The normalized spacial score (nSPS) is 10.1. The van der Waals surface area contributed by atoms with E-state index in [1.165, 1.54) is 6.92 Å². The van der Waals surface area contributed by atoms with Gasteiger partial charge in [0, 0.05) is 18.0 Å². The first-order valence-corrected chi connectivity index (χ1v) is 6.34. The molecule has 0 aliphatic heterocycles. The average molecular weight is 292 g/mol. The van der Waals surface area contributed by atoms with Crippen molar-refractivity contribution in [2.24, 2.45) is 0 Å². The number of rotatable bonds is 4. The lowest BCUT2D eigenvalue weighted by atomic mass is 10.2. The summed E-state index contributed by atoms with van der Waals surface area (Å²) in [5, 5.41) is 3.22. The Hall–Kier alpha value is -2.27. The lowest BCUT2D eigenvalue weighted by Crippen LogP contribution is -2.10. The monoisotopic (exact) mass is 291 g/mol. The maximum atomic E-state index is 11.0. The summed E-state index contributed by atoms with van der Waals surface area (Å²) >= 11 is 5.81. The summed E-state index contributed by atoms with van der Waals surface area (Å²) in [5.74, 6) is 0.447. The number of amides is 1. The van der Waals surface area contributed by atoms with Crippen LogP contribution in [0.15, 0.2) is 36.4 Å². The van der Waals surface area contributed by atoms with E-state index in [1.54, 1.807) is 24.3 Å². The molecule has 6 heteroatoms. The van der Waals surface area contributed by atoms with Gasteiger partial charge in [0.1, 0.15) is 6.61 Å². The van der Waals surface area contributed by atoms with Gasteiger partial charge in [-0.1, -0.05) is 23.7 Å². The number of hydrogen-bond acceptors (Lipinski definition) is 4. The number of hydrogen-bond donors (Lipinski definition) is 2. The second-order valence-electron chi connectivity index (χ2n) is 4.18. The molecule has 104 valence electrons. The lowest BCUT2D eigenvalue weighted by molar-refractivity contribution is -0.114. The lowest BCUT2D eigenvalue weighted by Gasteiger charge is -2.09. The molecule has 0 fully saturated rings. The van der Waals surface area contributed by atoms with Crippen molar-refractivity contribution in [2.45, 2.75) is 13.5 Å². The van der Waals surface area contributed by atoms with Gasteiger partial charge in [-0.05, 0) is 23.8 Å². The number of anilines is 2. The Labute approximate surface area is 121 Å². The number of nitrogens with zero attached hydrogens (tertiary/aromatic N) is 1. The van der Waals surface area contributed by atoms with Crippen molar-refractivity contribution in [2.75, 3.05) is 11.1 Å². The molecule has 2 rings (SSSR count). The molecule has 5 nitrogen and oxygen atoms in total. The Morgan fingerprint density at radius 2 is 2.00 bits per heavy atom. The smallest absolute Gasteiger partial charge is 0.222 e. The Morgan fingerprint density at radius 1 is 1.30 bits per heavy atom.